The maximum absolute atomic E-state index is 9.53. The Kier molecular flexibility index (Phi) is 2.15. The lowest BCUT2D eigenvalue weighted by atomic mass is 9.79. The predicted molar refractivity (Wildman–Crippen MR) is 49.7 cm³/mol. The van der Waals surface area contributed by atoms with Crippen LogP contribution in [0.4, 0.5) is 0 Å². The van der Waals surface area contributed by atoms with Gasteiger partial charge in [-0.05, 0) is 32.5 Å². The third-order valence-electron chi connectivity index (χ3n) is 3.26. The summed E-state index contributed by atoms with van der Waals surface area (Å²) in [7, 11) is -0.282. The van der Waals surface area contributed by atoms with Crippen molar-refractivity contribution < 1.29 is 5.02 Å². The van der Waals surface area contributed by atoms with E-state index in [2.05, 4.69) is 4.81 Å². The van der Waals surface area contributed by atoms with Gasteiger partial charge in [0.1, 0.15) is 0 Å². The molecule has 3 nitrogen and oxygen atoms in total. The van der Waals surface area contributed by atoms with Gasteiger partial charge in [0.05, 0.1) is 0 Å². The molecule has 4 heteroatoms. The van der Waals surface area contributed by atoms with Gasteiger partial charge in [-0.25, -0.2) is 0 Å². The van der Waals surface area contributed by atoms with Gasteiger partial charge in [-0.2, -0.15) is 0 Å². The molecule has 2 saturated heterocycles. The van der Waals surface area contributed by atoms with Gasteiger partial charge in [0.2, 0.25) is 0 Å². The smallest absolute Gasteiger partial charge is 0.376 e. The molecule has 0 aliphatic carbocycles. The molecule has 3 atom stereocenters. The van der Waals surface area contributed by atoms with Crippen LogP contribution in [-0.4, -0.2) is 35.0 Å². The molecular formula is C8H17BN2O. The molecule has 0 unspecified atom stereocenters. The zero-order chi connectivity index (χ0) is 8.72. The Labute approximate surface area is 74.1 Å². The van der Waals surface area contributed by atoms with Crippen molar-refractivity contribution in [3.8, 4) is 0 Å². The normalized spacial score (nSPS) is 41.8. The van der Waals surface area contributed by atoms with Crippen LogP contribution in [0, 0.1) is 0 Å². The van der Waals surface area contributed by atoms with Crippen LogP contribution in [0.5, 0.6) is 0 Å². The SMILES string of the molecule is CB(O)N1[C@@H]2CC[C@H]1C[C@H](N)C2. The Hall–Kier alpha value is -0.0551. The Morgan fingerprint density at radius 3 is 2.25 bits per heavy atom. The highest BCUT2D eigenvalue weighted by Crippen LogP contribution is 2.35. The van der Waals surface area contributed by atoms with Crippen LogP contribution in [0.3, 0.4) is 0 Å². The largest absolute Gasteiger partial charge is 0.437 e. The number of fused-ring (bicyclic) bond motifs is 2. The fourth-order valence-corrected chi connectivity index (χ4v) is 2.87. The van der Waals surface area contributed by atoms with E-state index in [1.54, 1.807) is 0 Å². The molecule has 0 saturated carbocycles. The number of nitrogens with two attached hydrogens (primary N) is 1. The van der Waals surface area contributed by atoms with Gasteiger partial charge in [-0.1, -0.05) is 0 Å². The Morgan fingerprint density at radius 1 is 1.33 bits per heavy atom. The average Bonchev–Trinajstić information content (AvgIpc) is 2.24. The van der Waals surface area contributed by atoms with Gasteiger partial charge < -0.3 is 15.6 Å². The second kappa shape index (κ2) is 3.02. The van der Waals surface area contributed by atoms with Crippen molar-refractivity contribution >= 4 is 7.05 Å². The fraction of sp³-hybridized carbons (Fsp3) is 1.00. The minimum Gasteiger partial charge on any atom is -0.437 e. The van der Waals surface area contributed by atoms with Gasteiger partial charge in [-0.3, -0.25) is 0 Å². The van der Waals surface area contributed by atoms with E-state index >= 15 is 0 Å². The van der Waals surface area contributed by atoms with Crippen LogP contribution < -0.4 is 5.73 Å². The average molecular weight is 168 g/mol. The van der Waals surface area contributed by atoms with Crippen molar-refractivity contribution in [2.45, 2.75) is 50.6 Å². The quantitative estimate of drug-likeness (QED) is 0.544. The molecule has 0 aromatic carbocycles. The van der Waals surface area contributed by atoms with Crippen molar-refractivity contribution in [3.63, 3.8) is 0 Å². The minimum atomic E-state index is -0.282. The van der Waals surface area contributed by atoms with E-state index in [4.69, 9.17) is 5.73 Å². The molecule has 2 bridgehead atoms. The Bertz CT molecular complexity index is 162. The fourth-order valence-electron chi connectivity index (χ4n) is 2.87. The molecule has 0 aromatic heterocycles. The highest BCUT2D eigenvalue weighted by molar-refractivity contribution is 6.45. The molecule has 3 N–H and O–H groups in total. The Balaban J connectivity index is 2.09. The zero-order valence-electron chi connectivity index (χ0n) is 7.61. The van der Waals surface area contributed by atoms with Crippen molar-refractivity contribution in [1.29, 1.82) is 0 Å². The highest BCUT2D eigenvalue weighted by Gasteiger charge is 2.42. The summed E-state index contributed by atoms with van der Waals surface area (Å²) in [6.45, 7) is 1.86. The second-order valence-corrected chi connectivity index (χ2v) is 4.20. The summed E-state index contributed by atoms with van der Waals surface area (Å²) in [4.78, 5) is 2.24. The number of rotatable bonds is 1. The second-order valence-electron chi connectivity index (χ2n) is 4.20. The summed E-state index contributed by atoms with van der Waals surface area (Å²) in [5.74, 6) is 0. The maximum Gasteiger partial charge on any atom is 0.376 e. The van der Waals surface area contributed by atoms with Crippen LogP contribution in [0.1, 0.15) is 25.7 Å². The van der Waals surface area contributed by atoms with Crippen molar-refractivity contribution in [2.75, 3.05) is 0 Å². The van der Waals surface area contributed by atoms with Crippen LogP contribution in [-0.2, 0) is 0 Å². The van der Waals surface area contributed by atoms with Crippen molar-refractivity contribution in [3.05, 3.63) is 0 Å². The van der Waals surface area contributed by atoms with Gasteiger partial charge in [0.15, 0.2) is 0 Å². The lowest BCUT2D eigenvalue weighted by Crippen LogP contribution is -2.53. The van der Waals surface area contributed by atoms with Gasteiger partial charge in [-0.15, -0.1) is 0 Å². The first-order valence-electron chi connectivity index (χ1n) is 4.89. The third-order valence-corrected chi connectivity index (χ3v) is 3.26. The van der Waals surface area contributed by atoms with Crippen LogP contribution >= 0.6 is 0 Å². The van der Waals surface area contributed by atoms with E-state index in [1.165, 1.54) is 12.8 Å². The molecule has 2 aliphatic heterocycles. The first kappa shape index (κ1) is 8.54. The van der Waals surface area contributed by atoms with Crippen molar-refractivity contribution in [1.82, 2.24) is 4.81 Å². The molecule has 68 valence electrons. The monoisotopic (exact) mass is 168 g/mol. The van der Waals surface area contributed by atoms with E-state index in [-0.39, 0.29) is 7.05 Å². The summed E-state index contributed by atoms with van der Waals surface area (Å²) in [6, 6.07) is 1.48. The topological polar surface area (TPSA) is 49.5 Å². The number of nitrogens with zero attached hydrogens (tertiary/aromatic N) is 1. The molecule has 0 spiro atoms. The highest BCUT2D eigenvalue weighted by atomic mass is 16.2. The molecule has 2 aliphatic rings. The standard InChI is InChI=1S/C8H17BN2O/c1-9(12)11-7-2-3-8(11)5-6(10)4-7/h6-8,12H,2-5,10H2,1H3/t6-,7-,8+. The van der Waals surface area contributed by atoms with Gasteiger partial charge >= 0.3 is 7.05 Å². The first-order valence-corrected chi connectivity index (χ1v) is 4.89. The Morgan fingerprint density at radius 2 is 1.83 bits per heavy atom. The van der Waals surface area contributed by atoms with Gasteiger partial charge in [0.25, 0.3) is 0 Å². The molecule has 2 heterocycles. The molecule has 0 aromatic rings. The predicted octanol–water partition coefficient (Wildman–Crippen LogP) is 0.0508. The third kappa shape index (κ3) is 1.28. The molecule has 2 fully saturated rings. The molecule has 12 heavy (non-hydrogen) atoms. The number of piperidine rings is 1. The molecule has 2 rings (SSSR count). The molecule has 0 amide bonds. The van der Waals surface area contributed by atoms with E-state index in [1.807, 2.05) is 6.82 Å². The van der Waals surface area contributed by atoms with Gasteiger partial charge in [0, 0.05) is 18.1 Å². The van der Waals surface area contributed by atoms with Crippen LogP contribution in [0.25, 0.3) is 0 Å². The van der Waals surface area contributed by atoms with Crippen LogP contribution in [0.15, 0.2) is 0 Å². The number of hydrogen-bond donors (Lipinski definition) is 2. The molecule has 0 radical (unpaired) electrons. The summed E-state index contributed by atoms with van der Waals surface area (Å²) >= 11 is 0. The van der Waals surface area contributed by atoms with E-state index in [0.29, 0.717) is 18.1 Å². The summed E-state index contributed by atoms with van der Waals surface area (Å²) in [5.41, 5.74) is 5.91. The lowest BCUT2D eigenvalue weighted by Gasteiger charge is -2.38. The van der Waals surface area contributed by atoms with E-state index in [9.17, 15) is 5.02 Å². The van der Waals surface area contributed by atoms with E-state index in [0.717, 1.165) is 12.8 Å². The van der Waals surface area contributed by atoms with Crippen LogP contribution in [0.2, 0.25) is 6.82 Å². The minimum absolute atomic E-state index is 0.282. The maximum atomic E-state index is 9.53. The number of hydrogen-bond acceptors (Lipinski definition) is 3. The summed E-state index contributed by atoms with van der Waals surface area (Å²) in [5, 5.41) is 9.53. The lowest BCUT2D eigenvalue weighted by molar-refractivity contribution is 0.202. The molecular weight excluding hydrogens is 151 g/mol. The zero-order valence-corrected chi connectivity index (χ0v) is 7.61. The first-order chi connectivity index (χ1) is 5.68. The summed E-state index contributed by atoms with van der Waals surface area (Å²) in [6.07, 6.45) is 4.59. The summed E-state index contributed by atoms with van der Waals surface area (Å²) < 4.78 is 0. The van der Waals surface area contributed by atoms with Crippen molar-refractivity contribution in [2.24, 2.45) is 5.73 Å². The van der Waals surface area contributed by atoms with E-state index < -0.39 is 0 Å².